The molecular formula is C15H13IN2O. The van der Waals surface area contributed by atoms with Gasteiger partial charge >= 0.3 is 0 Å². The summed E-state index contributed by atoms with van der Waals surface area (Å²) < 4.78 is 6.49. The molecule has 0 heterocycles. The normalized spacial score (nSPS) is 9.74. The number of benzene rings is 2. The van der Waals surface area contributed by atoms with Gasteiger partial charge < -0.3 is 10.1 Å². The summed E-state index contributed by atoms with van der Waals surface area (Å²) in [4.78, 5) is 0. The third-order valence-corrected chi connectivity index (χ3v) is 3.39. The maximum absolute atomic E-state index is 8.94. The van der Waals surface area contributed by atoms with E-state index in [1.54, 1.807) is 13.2 Å². The molecule has 2 aromatic carbocycles. The molecule has 2 aromatic rings. The van der Waals surface area contributed by atoms with Gasteiger partial charge in [-0.3, -0.25) is 0 Å². The third-order valence-electron chi connectivity index (χ3n) is 2.72. The fourth-order valence-corrected chi connectivity index (χ4v) is 2.33. The van der Waals surface area contributed by atoms with Crippen LogP contribution in [0.5, 0.6) is 5.75 Å². The second kappa shape index (κ2) is 6.43. The Morgan fingerprint density at radius 2 is 2.11 bits per heavy atom. The van der Waals surface area contributed by atoms with E-state index >= 15 is 0 Å². The Morgan fingerprint density at radius 1 is 1.26 bits per heavy atom. The van der Waals surface area contributed by atoms with E-state index in [-0.39, 0.29) is 0 Å². The zero-order valence-corrected chi connectivity index (χ0v) is 12.6. The standard InChI is InChI=1S/C15H13IN2O/c1-19-15-6-5-11(9-17)7-12(15)10-18-14-4-2-3-13(16)8-14/h2-8,18H,10H2,1H3. The van der Waals surface area contributed by atoms with Gasteiger partial charge in [0.2, 0.25) is 0 Å². The highest BCUT2D eigenvalue weighted by Crippen LogP contribution is 2.21. The van der Waals surface area contributed by atoms with Crippen LogP contribution in [-0.2, 0) is 6.54 Å². The molecule has 0 spiro atoms. The van der Waals surface area contributed by atoms with Gasteiger partial charge in [0.05, 0.1) is 18.7 Å². The second-order valence-electron chi connectivity index (χ2n) is 4.00. The van der Waals surface area contributed by atoms with Crippen molar-refractivity contribution in [3.05, 3.63) is 57.2 Å². The molecule has 0 aromatic heterocycles. The minimum absolute atomic E-state index is 0.624. The van der Waals surface area contributed by atoms with Crippen LogP contribution in [0.2, 0.25) is 0 Å². The third kappa shape index (κ3) is 3.61. The molecule has 1 N–H and O–H groups in total. The van der Waals surface area contributed by atoms with Crippen molar-refractivity contribution in [1.82, 2.24) is 0 Å². The van der Waals surface area contributed by atoms with Gasteiger partial charge in [-0.1, -0.05) is 6.07 Å². The molecule has 0 saturated heterocycles. The Morgan fingerprint density at radius 3 is 2.79 bits per heavy atom. The zero-order chi connectivity index (χ0) is 13.7. The summed E-state index contributed by atoms with van der Waals surface area (Å²) in [6.07, 6.45) is 0. The summed E-state index contributed by atoms with van der Waals surface area (Å²) >= 11 is 2.28. The monoisotopic (exact) mass is 364 g/mol. The fraction of sp³-hybridized carbons (Fsp3) is 0.133. The molecule has 4 heteroatoms. The van der Waals surface area contributed by atoms with Gasteiger partial charge in [-0.2, -0.15) is 5.26 Å². The Kier molecular flexibility index (Phi) is 4.63. The lowest BCUT2D eigenvalue weighted by molar-refractivity contribution is 0.410. The van der Waals surface area contributed by atoms with Gasteiger partial charge in [-0.05, 0) is 59.0 Å². The maximum atomic E-state index is 8.94. The van der Waals surface area contributed by atoms with E-state index in [1.165, 1.54) is 3.57 Å². The molecule has 0 saturated carbocycles. The Bertz CT molecular complexity index is 620. The highest BCUT2D eigenvalue weighted by atomic mass is 127. The number of rotatable bonds is 4. The lowest BCUT2D eigenvalue weighted by atomic mass is 10.1. The molecule has 0 unspecified atom stereocenters. The number of nitrogens with zero attached hydrogens (tertiary/aromatic N) is 1. The van der Waals surface area contributed by atoms with E-state index < -0.39 is 0 Å². The largest absolute Gasteiger partial charge is 0.496 e. The zero-order valence-electron chi connectivity index (χ0n) is 10.5. The fourth-order valence-electron chi connectivity index (χ4n) is 1.78. The number of ether oxygens (including phenoxy) is 1. The summed E-state index contributed by atoms with van der Waals surface area (Å²) in [7, 11) is 1.64. The van der Waals surface area contributed by atoms with Crippen molar-refractivity contribution in [1.29, 1.82) is 5.26 Å². The van der Waals surface area contributed by atoms with Crippen LogP contribution in [0.15, 0.2) is 42.5 Å². The van der Waals surface area contributed by atoms with Crippen molar-refractivity contribution in [3.8, 4) is 11.8 Å². The summed E-state index contributed by atoms with van der Waals surface area (Å²) in [6.45, 7) is 0.624. The first-order valence-corrected chi connectivity index (χ1v) is 6.87. The molecule has 0 bridgehead atoms. The lowest BCUT2D eigenvalue weighted by Gasteiger charge is -2.11. The van der Waals surface area contributed by atoms with Crippen LogP contribution >= 0.6 is 22.6 Å². The van der Waals surface area contributed by atoms with E-state index in [4.69, 9.17) is 10.00 Å². The molecule has 0 fully saturated rings. The van der Waals surface area contributed by atoms with Gasteiger partial charge in [0.25, 0.3) is 0 Å². The van der Waals surface area contributed by atoms with Crippen LogP contribution < -0.4 is 10.1 Å². The summed E-state index contributed by atoms with van der Waals surface area (Å²) in [5, 5.41) is 12.3. The van der Waals surface area contributed by atoms with Gasteiger partial charge in [0.15, 0.2) is 0 Å². The average molecular weight is 364 g/mol. The van der Waals surface area contributed by atoms with Crippen molar-refractivity contribution < 1.29 is 4.74 Å². The number of hydrogen-bond acceptors (Lipinski definition) is 3. The van der Waals surface area contributed by atoms with Crippen LogP contribution in [-0.4, -0.2) is 7.11 Å². The number of halogens is 1. The Balaban J connectivity index is 2.16. The predicted molar refractivity (Wildman–Crippen MR) is 84.2 cm³/mol. The maximum Gasteiger partial charge on any atom is 0.123 e. The molecular weight excluding hydrogens is 351 g/mol. The summed E-state index contributed by atoms with van der Waals surface area (Å²) in [5.41, 5.74) is 2.66. The molecule has 0 aliphatic rings. The van der Waals surface area contributed by atoms with E-state index in [2.05, 4.69) is 40.0 Å². The van der Waals surface area contributed by atoms with Gasteiger partial charge in [0.1, 0.15) is 5.75 Å². The number of nitriles is 1. The van der Waals surface area contributed by atoms with E-state index in [0.717, 1.165) is 17.0 Å². The van der Waals surface area contributed by atoms with Crippen LogP contribution in [0.25, 0.3) is 0 Å². The first-order valence-electron chi connectivity index (χ1n) is 5.79. The van der Waals surface area contributed by atoms with Crippen molar-refractivity contribution in [3.63, 3.8) is 0 Å². The van der Waals surface area contributed by atoms with Crippen molar-refractivity contribution in [2.75, 3.05) is 12.4 Å². The van der Waals surface area contributed by atoms with Gasteiger partial charge in [0, 0.05) is 21.4 Å². The second-order valence-corrected chi connectivity index (χ2v) is 5.25. The van der Waals surface area contributed by atoms with Crippen molar-refractivity contribution in [2.24, 2.45) is 0 Å². The molecule has 0 amide bonds. The first-order chi connectivity index (χ1) is 9.22. The number of methoxy groups -OCH3 is 1. The van der Waals surface area contributed by atoms with Crippen LogP contribution in [0, 0.1) is 14.9 Å². The number of hydrogen-bond donors (Lipinski definition) is 1. The van der Waals surface area contributed by atoms with E-state index in [9.17, 15) is 0 Å². The highest BCUT2D eigenvalue weighted by molar-refractivity contribution is 14.1. The molecule has 0 radical (unpaired) electrons. The average Bonchev–Trinajstić information content (AvgIpc) is 2.45. The molecule has 3 nitrogen and oxygen atoms in total. The minimum atomic E-state index is 0.624. The molecule has 2 rings (SSSR count). The summed E-state index contributed by atoms with van der Waals surface area (Å²) in [6, 6.07) is 15.7. The van der Waals surface area contributed by atoms with Crippen molar-refractivity contribution in [2.45, 2.75) is 6.54 Å². The number of nitrogens with one attached hydrogen (secondary N) is 1. The topological polar surface area (TPSA) is 45.0 Å². The Hall–Kier alpha value is -1.74. The molecule has 96 valence electrons. The predicted octanol–water partition coefficient (Wildman–Crippen LogP) is 3.78. The van der Waals surface area contributed by atoms with Crippen LogP contribution in [0.3, 0.4) is 0 Å². The Labute approximate surface area is 126 Å². The number of anilines is 1. The van der Waals surface area contributed by atoms with Gasteiger partial charge in [-0.15, -0.1) is 0 Å². The van der Waals surface area contributed by atoms with Gasteiger partial charge in [-0.25, -0.2) is 0 Å². The highest BCUT2D eigenvalue weighted by Gasteiger charge is 2.04. The quantitative estimate of drug-likeness (QED) is 0.840. The minimum Gasteiger partial charge on any atom is -0.496 e. The van der Waals surface area contributed by atoms with Crippen LogP contribution in [0.4, 0.5) is 5.69 Å². The molecule has 19 heavy (non-hydrogen) atoms. The van der Waals surface area contributed by atoms with E-state index in [0.29, 0.717) is 12.1 Å². The molecule has 0 atom stereocenters. The SMILES string of the molecule is COc1ccc(C#N)cc1CNc1cccc(I)c1. The van der Waals surface area contributed by atoms with Crippen LogP contribution in [0.1, 0.15) is 11.1 Å². The lowest BCUT2D eigenvalue weighted by Crippen LogP contribution is -2.02. The summed E-state index contributed by atoms with van der Waals surface area (Å²) in [5.74, 6) is 0.789. The van der Waals surface area contributed by atoms with E-state index in [1.807, 2.05) is 30.3 Å². The first kappa shape index (κ1) is 13.7. The van der Waals surface area contributed by atoms with Crippen molar-refractivity contribution >= 4 is 28.3 Å². The molecule has 0 aliphatic heterocycles. The molecule has 0 aliphatic carbocycles. The smallest absolute Gasteiger partial charge is 0.123 e.